The Hall–Kier alpha value is -1.03. The van der Waals surface area contributed by atoms with E-state index in [0.717, 1.165) is 19.3 Å². The van der Waals surface area contributed by atoms with Gasteiger partial charge in [0, 0.05) is 6.04 Å². The standard InChI is InChI=1S/C9H16N2O2/c10-7-5-3-1-2-4-6-8(7)11-9(12)13/h2,4,7-8,11H,1,3,5-6,10H2,(H,12,13)/b4-2+/t7-,8+/m1/s1. The van der Waals surface area contributed by atoms with E-state index >= 15 is 0 Å². The number of nitrogens with one attached hydrogen (secondary N) is 1. The van der Waals surface area contributed by atoms with Crippen molar-refractivity contribution in [3.63, 3.8) is 0 Å². The van der Waals surface area contributed by atoms with Crippen molar-refractivity contribution in [2.75, 3.05) is 0 Å². The van der Waals surface area contributed by atoms with E-state index in [2.05, 4.69) is 11.4 Å². The van der Waals surface area contributed by atoms with Crippen LogP contribution in [0.2, 0.25) is 0 Å². The maximum atomic E-state index is 10.4. The first-order valence-electron chi connectivity index (χ1n) is 4.60. The molecule has 0 bridgehead atoms. The van der Waals surface area contributed by atoms with Crippen LogP contribution >= 0.6 is 0 Å². The van der Waals surface area contributed by atoms with Crippen LogP contribution in [-0.2, 0) is 0 Å². The number of hydrogen-bond acceptors (Lipinski definition) is 2. The van der Waals surface area contributed by atoms with Gasteiger partial charge in [-0.1, -0.05) is 12.2 Å². The topological polar surface area (TPSA) is 75.3 Å². The summed E-state index contributed by atoms with van der Waals surface area (Å²) < 4.78 is 0. The second-order valence-corrected chi connectivity index (χ2v) is 3.36. The predicted octanol–water partition coefficient (Wildman–Crippen LogP) is 1.08. The third kappa shape index (κ3) is 3.46. The van der Waals surface area contributed by atoms with Gasteiger partial charge in [-0.05, 0) is 25.7 Å². The van der Waals surface area contributed by atoms with Crippen LogP contribution in [0, 0.1) is 0 Å². The molecule has 0 saturated heterocycles. The van der Waals surface area contributed by atoms with Crippen molar-refractivity contribution < 1.29 is 9.90 Å². The molecule has 1 amide bonds. The Morgan fingerprint density at radius 1 is 1.54 bits per heavy atom. The molecule has 1 aliphatic carbocycles. The molecule has 0 saturated carbocycles. The van der Waals surface area contributed by atoms with Crippen LogP contribution in [0.5, 0.6) is 0 Å². The SMILES string of the molecule is N[C@@H]1CCC/C=C/C[C@@H]1NC(=O)O. The summed E-state index contributed by atoms with van der Waals surface area (Å²) in [6, 6.07) is -0.185. The molecule has 0 radical (unpaired) electrons. The van der Waals surface area contributed by atoms with Gasteiger partial charge in [0.25, 0.3) is 0 Å². The zero-order chi connectivity index (χ0) is 9.68. The van der Waals surface area contributed by atoms with Crippen molar-refractivity contribution in [2.45, 2.75) is 37.8 Å². The Labute approximate surface area is 77.8 Å². The Morgan fingerprint density at radius 3 is 3.00 bits per heavy atom. The summed E-state index contributed by atoms with van der Waals surface area (Å²) >= 11 is 0. The largest absolute Gasteiger partial charge is 0.465 e. The lowest BCUT2D eigenvalue weighted by molar-refractivity contribution is 0.187. The smallest absolute Gasteiger partial charge is 0.404 e. The minimum absolute atomic E-state index is 0.0546. The first-order valence-corrected chi connectivity index (χ1v) is 4.60. The molecule has 4 nitrogen and oxygen atoms in total. The monoisotopic (exact) mass is 184 g/mol. The van der Waals surface area contributed by atoms with Gasteiger partial charge in [0.05, 0.1) is 6.04 Å². The number of allylic oxidation sites excluding steroid dienone is 1. The number of hydrogen-bond donors (Lipinski definition) is 3. The van der Waals surface area contributed by atoms with E-state index in [1.54, 1.807) is 0 Å². The molecule has 0 fully saturated rings. The van der Waals surface area contributed by atoms with Crippen LogP contribution in [0.4, 0.5) is 4.79 Å². The van der Waals surface area contributed by atoms with Gasteiger partial charge < -0.3 is 16.2 Å². The molecule has 0 heterocycles. The van der Waals surface area contributed by atoms with E-state index in [-0.39, 0.29) is 12.1 Å². The molecule has 4 heteroatoms. The van der Waals surface area contributed by atoms with Crippen LogP contribution in [0.25, 0.3) is 0 Å². The van der Waals surface area contributed by atoms with Crippen LogP contribution in [0.1, 0.15) is 25.7 Å². The van der Waals surface area contributed by atoms with E-state index in [1.165, 1.54) is 0 Å². The van der Waals surface area contributed by atoms with Crippen molar-refractivity contribution in [3.8, 4) is 0 Å². The normalized spacial score (nSPS) is 31.5. The summed E-state index contributed by atoms with van der Waals surface area (Å²) in [5.41, 5.74) is 5.84. The second-order valence-electron chi connectivity index (χ2n) is 3.36. The summed E-state index contributed by atoms with van der Waals surface area (Å²) in [5, 5.41) is 11.0. The molecule has 0 spiro atoms. The third-order valence-electron chi connectivity index (χ3n) is 2.29. The minimum Gasteiger partial charge on any atom is -0.465 e. The summed E-state index contributed by atoms with van der Waals surface area (Å²) in [6.45, 7) is 0. The van der Waals surface area contributed by atoms with Crippen LogP contribution in [-0.4, -0.2) is 23.3 Å². The number of carbonyl (C=O) groups is 1. The highest BCUT2D eigenvalue weighted by Gasteiger charge is 2.18. The third-order valence-corrected chi connectivity index (χ3v) is 2.29. The highest BCUT2D eigenvalue weighted by Crippen LogP contribution is 2.11. The fourth-order valence-corrected chi connectivity index (χ4v) is 1.53. The van der Waals surface area contributed by atoms with Gasteiger partial charge >= 0.3 is 6.09 Å². The van der Waals surface area contributed by atoms with Gasteiger partial charge in [-0.3, -0.25) is 0 Å². The van der Waals surface area contributed by atoms with Gasteiger partial charge in [0.2, 0.25) is 0 Å². The van der Waals surface area contributed by atoms with Gasteiger partial charge in [-0.15, -0.1) is 0 Å². The molecule has 74 valence electrons. The van der Waals surface area contributed by atoms with Crippen molar-refractivity contribution in [3.05, 3.63) is 12.2 Å². The number of rotatable bonds is 1. The van der Waals surface area contributed by atoms with Crippen molar-refractivity contribution in [1.29, 1.82) is 0 Å². The molecule has 0 aromatic rings. The predicted molar refractivity (Wildman–Crippen MR) is 50.5 cm³/mol. The quantitative estimate of drug-likeness (QED) is 0.534. The average molecular weight is 184 g/mol. The molecular weight excluding hydrogens is 168 g/mol. The maximum absolute atomic E-state index is 10.4. The van der Waals surface area contributed by atoms with Gasteiger partial charge in [-0.25, -0.2) is 4.79 Å². The van der Waals surface area contributed by atoms with Gasteiger partial charge in [0.1, 0.15) is 0 Å². The summed E-state index contributed by atoms with van der Waals surface area (Å²) in [5.74, 6) is 0. The molecule has 1 aliphatic rings. The van der Waals surface area contributed by atoms with Gasteiger partial charge in [-0.2, -0.15) is 0 Å². The summed E-state index contributed by atoms with van der Waals surface area (Å²) in [7, 11) is 0. The summed E-state index contributed by atoms with van der Waals surface area (Å²) in [4.78, 5) is 10.4. The van der Waals surface area contributed by atoms with Gasteiger partial charge in [0.15, 0.2) is 0 Å². The fraction of sp³-hybridized carbons (Fsp3) is 0.667. The van der Waals surface area contributed by atoms with Crippen LogP contribution < -0.4 is 11.1 Å². The van der Waals surface area contributed by atoms with E-state index in [4.69, 9.17) is 10.8 Å². The van der Waals surface area contributed by atoms with Crippen molar-refractivity contribution in [2.24, 2.45) is 5.73 Å². The first-order chi connectivity index (χ1) is 6.20. The molecule has 1 rings (SSSR count). The van der Waals surface area contributed by atoms with E-state index < -0.39 is 6.09 Å². The Balaban J connectivity index is 2.51. The Bertz CT molecular complexity index is 204. The van der Waals surface area contributed by atoms with Crippen molar-refractivity contribution >= 4 is 6.09 Å². The maximum Gasteiger partial charge on any atom is 0.404 e. The highest BCUT2D eigenvalue weighted by molar-refractivity contribution is 5.65. The second kappa shape index (κ2) is 4.87. The molecule has 2 atom stereocenters. The van der Waals surface area contributed by atoms with E-state index in [0.29, 0.717) is 6.42 Å². The van der Waals surface area contributed by atoms with Crippen LogP contribution in [0.15, 0.2) is 12.2 Å². The number of carboxylic acid groups (broad SMARTS) is 1. The molecule has 0 unspecified atom stereocenters. The summed E-state index contributed by atoms with van der Waals surface area (Å²) in [6.07, 6.45) is 6.77. The number of nitrogens with two attached hydrogens (primary N) is 1. The minimum atomic E-state index is -0.991. The highest BCUT2D eigenvalue weighted by atomic mass is 16.4. The molecule has 0 aromatic heterocycles. The Kier molecular flexibility index (Phi) is 3.76. The zero-order valence-electron chi connectivity index (χ0n) is 7.57. The van der Waals surface area contributed by atoms with Crippen LogP contribution in [0.3, 0.4) is 0 Å². The zero-order valence-corrected chi connectivity index (χ0v) is 7.57. The average Bonchev–Trinajstić information content (AvgIpc) is 2.04. The van der Waals surface area contributed by atoms with E-state index in [9.17, 15) is 4.79 Å². The molecular formula is C9H16N2O2. The lowest BCUT2D eigenvalue weighted by atomic mass is 9.97. The fourth-order valence-electron chi connectivity index (χ4n) is 1.53. The lowest BCUT2D eigenvalue weighted by Gasteiger charge is -2.23. The molecule has 4 N–H and O–H groups in total. The van der Waals surface area contributed by atoms with E-state index in [1.807, 2.05) is 6.08 Å². The molecule has 0 aliphatic heterocycles. The number of amides is 1. The Morgan fingerprint density at radius 2 is 2.31 bits per heavy atom. The lowest BCUT2D eigenvalue weighted by Crippen LogP contribution is -2.47. The molecule has 13 heavy (non-hydrogen) atoms. The molecule has 0 aromatic carbocycles. The van der Waals surface area contributed by atoms with Crippen molar-refractivity contribution in [1.82, 2.24) is 5.32 Å². The first kappa shape index (κ1) is 10.1.